The van der Waals surface area contributed by atoms with Gasteiger partial charge < -0.3 is 15.5 Å². The molecule has 1 amide bonds. The van der Waals surface area contributed by atoms with Crippen LogP contribution in [0.25, 0.3) is 28.0 Å². The van der Waals surface area contributed by atoms with Crippen molar-refractivity contribution in [3.05, 3.63) is 85.1 Å². The van der Waals surface area contributed by atoms with Crippen molar-refractivity contribution in [2.75, 3.05) is 30.3 Å². The van der Waals surface area contributed by atoms with E-state index in [2.05, 4.69) is 23.7 Å². The fourth-order valence-electron chi connectivity index (χ4n) is 5.95. The van der Waals surface area contributed by atoms with Crippen molar-refractivity contribution >= 4 is 63.1 Å². The summed E-state index contributed by atoms with van der Waals surface area (Å²) < 4.78 is 16.9. The molecule has 2 N–H and O–H groups in total. The topological polar surface area (TPSA) is 145 Å². The van der Waals surface area contributed by atoms with Gasteiger partial charge in [0.05, 0.1) is 67.6 Å². The maximum atomic E-state index is 15.6. The highest BCUT2D eigenvalue weighted by molar-refractivity contribution is 6.38. The van der Waals surface area contributed by atoms with Crippen molar-refractivity contribution in [3.8, 4) is 29.1 Å². The lowest BCUT2D eigenvalue weighted by Gasteiger charge is -2.42. The number of aryl methyl sites for hydroxylation is 1. The van der Waals surface area contributed by atoms with Gasteiger partial charge in [-0.15, -0.1) is 0 Å². The SMILES string of the molecule is C=CC(=O)N1CCN(c2c(C#N)c(=O)n(-c3c(C)ccnc3C(C)C)c3nc(-c4c(N)c(Cl)cc(Cl)c4F)c(Cl)cc23)C[C@@H]1CC#N. The van der Waals surface area contributed by atoms with Gasteiger partial charge in [0, 0.05) is 31.2 Å². The molecule has 1 saturated heterocycles. The third-order valence-electron chi connectivity index (χ3n) is 8.14. The normalized spacial score (nSPS) is 14.7. The molecular formula is C33H28Cl3FN8O2. The minimum atomic E-state index is -0.909. The van der Waals surface area contributed by atoms with Gasteiger partial charge in [-0.2, -0.15) is 10.5 Å². The highest BCUT2D eigenvalue weighted by atomic mass is 35.5. The number of amides is 1. The molecule has 0 bridgehead atoms. The molecule has 0 saturated carbocycles. The van der Waals surface area contributed by atoms with Crippen LogP contribution in [0.15, 0.2) is 41.8 Å². The molecule has 0 aliphatic carbocycles. The fraction of sp³-hybridized carbons (Fsp3) is 0.273. The Morgan fingerprint density at radius 1 is 1.19 bits per heavy atom. The van der Waals surface area contributed by atoms with E-state index in [1.54, 1.807) is 24.1 Å². The Morgan fingerprint density at radius 3 is 2.55 bits per heavy atom. The van der Waals surface area contributed by atoms with Gasteiger partial charge in [0.25, 0.3) is 5.56 Å². The number of fused-ring (bicyclic) bond motifs is 1. The summed E-state index contributed by atoms with van der Waals surface area (Å²) in [6.07, 6.45) is 2.80. The first-order chi connectivity index (χ1) is 22.4. The van der Waals surface area contributed by atoms with Crippen LogP contribution in [0.1, 0.15) is 43.0 Å². The van der Waals surface area contributed by atoms with E-state index in [4.69, 9.17) is 45.5 Å². The Balaban J connectivity index is 1.93. The van der Waals surface area contributed by atoms with Crippen LogP contribution in [0.2, 0.25) is 15.1 Å². The molecule has 5 rings (SSSR count). The minimum absolute atomic E-state index is 0.00315. The number of nitriles is 2. The van der Waals surface area contributed by atoms with E-state index in [1.165, 1.54) is 27.7 Å². The van der Waals surface area contributed by atoms with Crippen LogP contribution in [0, 0.1) is 35.4 Å². The Kier molecular flexibility index (Phi) is 9.46. The van der Waals surface area contributed by atoms with E-state index in [9.17, 15) is 20.1 Å². The van der Waals surface area contributed by atoms with Crippen LogP contribution < -0.4 is 16.2 Å². The molecule has 1 fully saturated rings. The van der Waals surface area contributed by atoms with E-state index in [-0.39, 0.29) is 86.8 Å². The number of carbonyl (C=O) groups excluding carboxylic acids is 1. The number of benzene rings is 1. The number of hydrogen-bond acceptors (Lipinski definition) is 8. The summed E-state index contributed by atoms with van der Waals surface area (Å²) in [4.78, 5) is 39.8. The number of anilines is 2. The molecule has 1 aromatic carbocycles. The van der Waals surface area contributed by atoms with Gasteiger partial charge in [0.15, 0.2) is 5.82 Å². The number of halogens is 4. The molecule has 14 heteroatoms. The van der Waals surface area contributed by atoms with E-state index >= 15 is 4.39 Å². The zero-order valence-corrected chi connectivity index (χ0v) is 27.9. The average Bonchev–Trinajstić information content (AvgIpc) is 3.04. The largest absolute Gasteiger partial charge is 0.397 e. The highest BCUT2D eigenvalue weighted by Gasteiger charge is 2.34. The molecule has 4 aromatic rings. The van der Waals surface area contributed by atoms with Gasteiger partial charge in [-0.25, -0.2) is 9.37 Å². The van der Waals surface area contributed by atoms with Crippen molar-refractivity contribution in [2.24, 2.45) is 0 Å². The lowest BCUT2D eigenvalue weighted by molar-refractivity contribution is -0.128. The summed E-state index contributed by atoms with van der Waals surface area (Å²) in [5.74, 6) is -1.40. The maximum Gasteiger partial charge on any atom is 0.276 e. The lowest BCUT2D eigenvalue weighted by atomic mass is 10.0. The van der Waals surface area contributed by atoms with Crippen LogP contribution in [0.4, 0.5) is 15.8 Å². The number of nitrogens with zero attached hydrogens (tertiary/aromatic N) is 7. The molecular weight excluding hydrogens is 666 g/mol. The van der Waals surface area contributed by atoms with Crippen molar-refractivity contribution in [1.29, 1.82) is 10.5 Å². The summed E-state index contributed by atoms with van der Waals surface area (Å²) in [7, 11) is 0. The summed E-state index contributed by atoms with van der Waals surface area (Å²) >= 11 is 19.2. The number of pyridine rings is 3. The molecule has 10 nitrogen and oxygen atoms in total. The molecule has 0 spiro atoms. The standard InChI is InChI=1S/C33H28Cl3FN8O2/c1-5-24(46)44-11-10-43(15-18(44)6-8-38)31-19-12-23(36)29(25-26(37)21(34)13-22(35)27(25)40)42-32(19)45(33(47)20(31)14-39)30-17(4)7-9-41-28(30)16(2)3/h5,7,9,12-13,16,18H,1,6,10-11,15,40H2,2-4H3/t18-/m0/s1. The summed E-state index contributed by atoms with van der Waals surface area (Å²) in [6, 6.07) is 8.00. The third-order valence-corrected chi connectivity index (χ3v) is 9.02. The van der Waals surface area contributed by atoms with E-state index < -0.39 is 17.4 Å². The van der Waals surface area contributed by atoms with Crippen LogP contribution in [0.5, 0.6) is 0 Å². The van der Waals surface area contributed by atoms with Crippen molar-refractivity contribution < 1.29 is 9.18 Å². The number of nitrogen functional groups attached to an aromatic ring is 1. The highest BCUT2D eigenvalue weighted by Crippen LogP contribution is 2.43. The molecule has 47 heavy (non-hydrogen) atoms. The van der Waals surface area contributed by atoms with Crippen molar-refractivity contribution in [1.82, 2.24) is 19.4 Å². The Hall–Kier alpha value is -4.68. The second-order valence-corrected chi connectivity index (χ2v) is 12.5. The van der Waals surface area contributed by atoms with Gasteiger partial charge in [0.1, 0.15) is 17.3 Å². The number of aromatic nitrogens is 3. The van der Waals surface area contributed by atoms with E-state index in [0.717, 1.165) is 0 Å². The van der Waals surface area contributed by atoms with Crippen molar-refractivity contribution in [3.63, 3.8) is 0 Å². The second-order valence-electron chi connectivity index (χ2n) is 11.3. The first-order valence-corrected chi connectivity index (χ1v) is 15.6. The van der Waals surface area contributed by atoms with E-state index in [1.807, 2.05) is 13.8 Å². The molecule has 1 aliphatic heterocycles. The molecule has 0 radical (unpaired) electrons. The lowest BCUT2D eigenvalue weighted by Crippen LogP contribution is -2.55. The van der Waals surface area contributed by atoms with Gasteiger partial charge >= 0.3 is 0 Å². The smallest absolute Gasteiger partial charge is 0.276 e. The zero-order valence-electron chi connectivity index (χ0n) is 25.6. The molecule has 3 aromatic heterocycles. The Morgan fingerprint density at radius 2 is 1.91 bits per heavy atom. The monoisotopic (exact) mass is 692 g/mol. The average molecular weight is 694 g/mol. The predicted octanol–water partition coefficient (Wildman–Crippen LogP) is 6.55. The Labute approximate surface area is 285 Å². The van der Waals surface area contributed by atoms with Crippen LogP contribution in [-0.4, -0.2) is 51.0 Å². The second kappa shape index (κ2) is 13.2. The molecule has 0 unspecified atom stereocenters. The number of piperazine rings is 1. The number of rotatable bonds is 6. The van der Waals surface area contributed by atoms with Gasteiger partial charge in [-0.05, 0) is 42.7 Å². The number of nitrogens with two attached hydrogens (primary N) is 1. The summed E-state index contributed by atoms with van der Waals surface area (Å²) in [5, 5.41) is 20.0. The predicted molar refractivity (Wildman–Crippen MR) is 182 cm³/mol. The van der Waals surface area contributed by atoms with Crippen LogP contribution in [-0.2, 0) is 4.79 Å². The van der Waals surface area contributed by atoms with E-state index in [0.29, 0.717) is 22.3 Å². The van der Waals surface area contributed by atoms with Gasteiger partial charge in [-0.1, -0.05) is 55.2 Å². The zero-order chi connectivity index (χ0) is 34.3. The fourth-order valence-corrected chi connectivity index (χ4v) is 6.66. The molecule has 1 atom stereocenters. The molecule has 240 valence electrons. The van der Waals surface area contributed by atoms with Crippen LogP contribution in [0.3, 0.4) is 0 Å². The van der Waals surface area contributed by atoms with Crippen molar-refractivity contribution in [2.45, 2.75) is 39.2 Å². The summed E-state index contributed by atoms with van der Waals surface area (Å²) in [6.45, 7) is 9.71. The first kappa shape index (κ1) is 33.7. The minimum Gasteiger partial charge on any atom is -0.397 e. The quantitative estimate of drug-likeness (QED) is 0.136. The number of carbonyl (C=O) groups is 1. The van der Waals surface area contributed by atoms with Crippen LogP contribution >= 0.6 is 34.8 Å². The number of hydrogen-bond donors (Lipinski definition) is 1. The molecule has 4 heterocycles. The van der Waals surface area contributed by atoms with Gasteiger partial charge in [-0.3, -0.25) is 19.1 Å². The maximum absolute atomic E-state index is 15.6. The first-order valence-electron chi connectivity index (χ1n) is 14.5. The molecule has 1 aliphatic rings. The Bertz CT molecular complexity index is 2090. The summed E-state index contributed by atoms with van der Waals surface area (Å²) in [5.41, 5.74) is 6.66. The van der Waals surface area contributed by atoms with Gasteiger partial charge in [0.2, 0.25) is 5.91 Å². The third kappa shape index (κ3) is 5.76.